The number of rotatable bonds is 4. The number of halogens is 2. The van der Waals surface area contributed by atoms with Crippen molar-refractivity contribution in [1.29, 1.82) is 0 Å². The Bertz CT molecular complexity index is 566. The number of nitrogens with zero attached hydrogens (tertiary/aromatic N) is 1. The Hall–Kier alpha value is -1.66. The Morgan fingerprint density at radius 3 is 2.71 bits per heavy atom. The van der Waals surface area contributed by atoms with Crippen molar-refractivity contribution in [3.63, 3.8) is 0 Å². The van der Waals surface area contributed by atoms with Crippen LogP contribution in [0.4, 0.5) is 4.39 Å². The Labute approximate surface area is 126 Å². The van der Waals surface area contributed by atoms with Crippen LogP contribution in [0, 0.1) is 5.82 Å². The molecule has 1 aliphatic rings. The van der Waals surface area contributed by atoms with Gasteiger partial charge in [-0.1, -0.05) is 11.6 Å². The molecule has 1 amide bonds. The van der Waals surface area contributed by atoms with Crippen molar-refractivity contribution in [2.75, 3.05) is 7.05 Å². The standard InChI is InChI=1S/C14H15ClFNO4/c1-17(7-8-6-9(15)2-3-10(8)16)13(18)11-4-5-12(21-11)14(19)20/h2-3,6,11-12H,4-5,7H2,1H3,(H,19,20)/t11-,12+/m0/s1. The van der Waals surface area contributed by atoms with Gasteiger partial charge in [-0.2, -0.15) is 0 Å². The molecule has 0 saturated carbocycles. The smallest absolute Gasteiger partial charge is 0.332 e. The van der Waals surface area contributed by atoms with E-state index in [1.165, 1.54) is 30.1 Å². The topological polar surface area (TPSA) is 66.8 Å². The fraction of sp³-hybridized carbons (Fsp3) is 0.429. The third-order valence-electron chi connectivity index (χ3n) is 3.36. The van der Waals surface area contributed by atoms with Gasteiger partial charge in [0, 0.05) is 24.2 Å². The van der Waals surface area contributed by atoms with E-state index in [0.29, 0.717) is 23.4 Å². The number of ether oxygens (including phenoxy) is 1. The van der Waals surface area contributed by atoms with E-state index >= 15 is 0 Å². The van der Waals surface area contributed by atoms with E-state index in [1.54, 1.807) is 0 Å². The Morgan fingerprint density at radius 1 is 1.43 bits per heavy atom. The van der Waals surface area contributed by atoms with Crippen LogP contribution < -0.4 is 0 Å². The second-order valence-electron chi connectivity index (χ2n) is 4.96. The molecule has 1 saturated heterocycles. The lowest BCUT2D eigenvalue weighted by Gasteiger charge is -2.21. The van der Waals surface area contributed by atoms with Crippen LogP contribution in [0.5, 0.6) is 0 Å². The van der Waals surface area contributed by atoms with Crippen molar-refractivity contribution in [2.24, 2.45) is 0 Å². The predicted molar refractivity (Wildman–Crippen MR) is 73.4 cm³/mol. The number of hydrogen-bond donors (Lipinski definition) is 1. The molecule has 21 heavy (non-hydrogen) atoms. The van der Waals surface area contributed by atoms with Crippen LogP contribution in [0.1, 0.15) is 18.4 Å². The van der Waals surface area contributed by atoms with Gasteiger partial charge in [-0.15, -0.1) is 0 Å². The summed E-state index contributed by atoms with van der Waals surface area (Å²) in [5.41, 5.74) is 0.297. The van der Waals surface area contributed by atoms with Crippen molar-refractivity contribution in [3.8, 4) is 0 Å². The molecule has 2 rings (SSSR count). The molecular formula is C14H15ClFNO4. The van der Waals surface area contributed by atoms with Crippen LogP contribution >= 0.6 is 11.6 Å². The summed E-state index contributed by atoms with van der Waals surface area (Å²) in [6.07, 6.45) is -1.10. The number of benzene rings is 1. The molecule has 1 aromatic carbocycles. The molecule has 1 aromatic rings. The molecule has 1 N–H and O–H groups in total. The summed E-state index contributed by atoms with van der Waals surface area (Å²) in [4.78, 5) is 24.3. The van der Waals surface area contributed by atoms with Gasteiger partial charge in [-0.25, -0.2) is 9.18 Å². The minimum absolute atomic E-state index is 0.0445. The normalized spacial score (nSPS) is 21.3. The third kappa shape index (κ3) is 3.71. The Morgan fingerprint density at radius 2 is 2.10 bits per heavy atom. The summed E-state index contributed by atoms with van der Waals surface area (Å²) >= 11 is 5.80. The summed E-state index contributed by atoms with van der Waals surface area (Å²) in [6.45, 7) is 0.0445. The summed E-state index contributed by atoms with van der Waals surface area (Å²) in [6, 6.07) is 4.12. The minimum Gasteiger partial charge on any atom is -0.479 e. The van der Waals surface area contributed by atoms with E-state index in [0.717, 1.165) is 0 Å². The number of carbonyl (C=O) groups excluding carboxylic acids is 1. The number of likely N-dealkylation sites (N-methyl/N-ethyl adjacent to an activating group) is 1. The zero-order valence-electron chi connectivity index (χ0n) is 11.4. The van der Waals surface area contributed by atoms with Gasteiger partial charge < -0.3 is 14.7 Å². The summed E-state index contributed by atoms with van der Waals surface area (Å²) in [5.74, 6) is -1.89. The molecule has 1 heterocycles. The van der Waals surface area contributed by atoms with Crippen molar-refractivity contribution in [2.45, 2.75) is 31.6 Å². The molecule has 0 unspecified atom stereocenters. The highest BCUT2D eigenvalue weighted by molar-refractivity contribution is 6.30. The maximum atomic E-state index is 13.6. The zero-order chi connectivity index (χ0) is 15.6. The molecule has 0 aliphatic carbocycles. The van der Waals surface area contributed by atoms with Crippen LogP contribution in [0.3, 0.4) is 0 Å². The quantitative estimate of drug-likeness (QED) is 0.923. The fourth-order valence-corrected chi connectivity index (χ4v) is 2.44. The highest BCUT2D eigenvalue weighted by Gasteiger charge is 2.36. The van der Waals surface area contributed by atoms with E-state index in [1.807, 2.05) is 0 Å². The van der Waals surface area contributed by atoms with Gasteiger partial charge in [0.25, 0.3) is 5.91 Å². The van der Waals surface area contributed by atoms with E-state index in [4.69, 9.17) is 21.4 Å². The van der Waals surface area contributed by atoms with Crippen LogP contribution in [0.25, 0.3) is 0 Å². The van der Waals surface area contributed by atoms with Crippen molar-refractivity contribution in [3.05, 3.63) is 34.6 Å². The molecule has 0 aromatic heterocycles. The lowest BCUT2D eigenvalue weighted by atomic mass is 10.1. The summed E-state index contributed by atoms with van der Waals surface area (Å²) in [5, 5.41) is 9.22. The van der Waals surface area contributed by atoms with E-state index < -0.39 is 24.0 Å². The molecule has 5 nitrogen and oxygen atoms in total. The van der Waals surface area contributed by atoms with Gasteiger partial charge in [-0.3, -0.25) is 4.79 Å². The lowest BCUT2D eigenvalue weighted by molar-refractivity contribution is -0.154. The maximum absolute atomic E-state index is 13.6. The van der Waals surface area contributed by atoms with Gasteiger partial charge >= 0.3 is 5.97 Å². The number of hydrogen-bond acceptors (Lipinski definition) is 3. The molecule has 0 bridgehead atoms. The number of amides is 1. The molecule has 2 atom stereocenters. The summed E-state index contributed by atoms with van der Waals surface area (Å²) < 4.78 is 18.8. The Kier molecular flexibility index (Phi) is 4.80. The van der Waals surface area contributed by atoms with Crippen LogP contribution in [0.15, 0.2) is 18.2 Å². The van der Waals surface area contributed by atoms with Crippen molar-refractivity contribution < 1.29 is 23.8 Å². The highest BCUT2D eigenvalue weighted by atomic mass is 35.5. The van der Waals surface area contributed by atoms with E-state index in [-0.39, 0.29) is 12.5 Å². The van der Waals surface area contributed by atoms with Gasteiger partial charge in [-0.05, 0) is 31.0 Å². The zero-order valence-corrected chi connectivity index (χ0v) is 12.1. The molecule has 7 heteroatoms. The first-order valence-electron chi connectivity index (χ1n) is 6.45. The molecule has 114 valence electrons. The first-order valence-corrected chi connectivity index (χ1v) is 6.83. The minimum atomic E-state index is -1.08. The predicted octanol–water partition coefficient (Wildman–Crippen LogP) is 2.07. The third-order valence-corrected chi connectivity index (χ3v) is 3.60. The fourth-order valence-electron chi connectivity index (χ4n) is 2.24. The van der Waals surface area contributed by atoms with Gasteiger partial charge in [0.15, 0.2) is 6.10 Å². The molecule has 1 aliphatic heterocycles. The highest BCUT2D eigenvalue weighted by Crippen LogP contribution is 2.23. The molecule has 1 fully saturated rings. The SMILES string of the molecule is CN(Cc1cc(Cl)ccc1F)C(=O)[C@@H]1CC[C@H](C(=O)O)O1. The molecule has 0 radical (unpaired) electrons. The second kappa shape index (κ2) is 6.41. The molecule has 0 spiro atoms. The average molecular weight is 316 g/mol. The van der Waals surface area contributed by atoms with Gasteiger partial charge in [0.05, 0.1) is 0 Å². The number of aliphatic carboxylic acids is 1. The van der Waals surface area contributed by atoms with Crippen molar-refractivity contribution in [1.82, 2.24) is 4.90 Å². The Balaban J connectivity index is 2.00. The number of carbonyl (C=O) groups is 2. The van der Waals surface area contributed by atoms with Crippen LogP contribution in [-0.2, 0) is 20.9 Å². The van der Waals surface area contributed by atoms with Crippen molar-refractivity contribution >= 4 is 23.5 Å². The lowest BCUT2D eigenvalue weighted by Crippen LogP contribution is -2.37. The van der Waals surface area contributed by atoms with Gasteiger partial charge in [0.2, 0.25) is 0 Å². The number of carboxylic acids is 1. The van der Waals surface area contributed by atoms with Gasteiger partial charge in [0.1, 0.15) is 11.9 Å². The van der Waals surface area contributed by atoms with E-state index in [9.17, 15) is 14.0 Å². The first-order chi connectivity index (χ1) is 9.88. The van der Waals surface area contributed by atoms with Crippen LogP contribution in [0.2, 0.25) is 5.02 Å². The number of carboxylic acid groups (broad SMARTS) is 1. The molecular weight excluding hydrogens is 301 g/mol. The first kappa shape index (κ1) is 15.7. The second-order valence-corrected chi connectivity index (χ2v) is 5.40. The average Bonchev–Trinajstić information content (AvgIpc) is 2.91. The monoisotopic (exact) mass is 315 g/mol. The van der Waals surface area contributed by atoms with E-state index in [2.05, 4.69) is 0 Å². The largest absolute Gasteiger partial charge is 0.479 e. The van der Waals surface area contributed by atoms with Crippen LogP contribution in [-0.4, -0.2) is 41.1 Å². The maximum Gasteiger partial charge on any atom is 0.332 e. The summed E-state index contributed by atoms with van der Waals surface area (Å²) in [7, 11) is 1.51.